The summed E-state index contributed by atoms with van der Waals surface area (Å²) in [6, 6.07) is 1.32. The zero-order valence-electron chi connectivity index (χ0n) is 15.2. The Kier molecular flexibility index (Phi) is 8.99. The fourth-order valence-electron chi connectivity index (χ4n) is 2.64. The van der Waals surface area contributed by atoms with Crippen molar-refractivity contribution in [1.29, 1.82) is 0 Å². The molecule has 2 aromatic heterocycles. The number of aromatic nitrogens is 3. The number of amides is 1. The predicted octanol–water partition coefficient (Wildman–Crippen LogP) is 0.579. The predicted molar refractivity (Wildman–Crippen MR) is 106 cm³/mol. The van der Waals surface area contributed by atoms with E-state index in [0.29, 0.717) is 12.5 Å². The molecular formula is C16H25Cl2N5O3. The number of aryl methyl sites for hydroxylation is 1. The molecule has 0 saturated heterocycles. The number of nitrogens with two attached hydrogens (primary N) is 1. The Bertz CT molecular complexity index is 892. The third-order valence-electron chi connectivity index (χ3n) is 3.93. The minimum Gasteiger partial charge on any atom is -0.348 e. The zero-order valence-corrected chi connectivity index (χ0v) is 16.8. The number of carbonyl (C=O) groups is 1. The number of nitrogens with one attached hydrogen (secondary N) is 1. The van der Waals surface area contributed by atoms with Gasteiger partial charge in [-0.05, 0) is 18.4 Å². The summed E-state index contributed by atoms with van der Waals surface area (Å²) in [6.07, 6.45) is 2.12. The lowest BCUT2D eigenvalue weighted by Crippen LogP contribution is -2.41. The SMILES string of the molecule is CC(C)CC(CN)NC(=O)c1cnc2c(c1)c(=O)n(C)c(=O)n2C.Cl.Cl. The van der Waals surface area contributed by atoms with Crippen LogP contribution in [0, 0.1) is 5.92 Å². The van der Waals surface area contributed by atoms with Gasteiger partial charge in [-0.2, -0.15) is 0 Å². The van der Waals surface area contributed by atoms with Gasteiger partial charge in [-0.25, -0.2) is 9.78 Å². The van der Waals surface area contributed by atoms with E-state index in [0.717, 1.165) is 11.0 Å². The molecule has 0 radical (unpaired) electrons. The van der Waals surface area contributed by atoms with Crippen LogP contribution in [0.2, 0.25) is 0 Å². The van der Waals surface area contributed by atoms with Crippen LogP contribution in [-0.2, 0) is 14.1 Å². The maximum Gasteiger partial charge on any atom is 0.332 e. The fraction of sp³-hybridized carbons (Fsp3) is 0.500. The van der Waals surface area contributed by atoms with Gasteiger partial charge in [0.1, 0.15) is 5.65 Å². The number of pyridine rings is 1. The van der Waals surface area contributed by atoms with E-state index in [4.69, 9.17) is 5.73 Å². The van der Waals surface area contributed by atoms with E-state index < -0.39 is 11.2 Å². The number of fused-ring (bicyclic) bond motifs is 1. The van der Waals surface area contributed by atoms with Crippen LogP contribution in [0.1, 0.15) is 30.6 Å². The van der Waals surface area contributed by atoms with Gasteiger partial charge in [-0.1, -0.05) is 13.8 Å². The summed E-state index contributed by atoms with van der Waals surface area (Å²) >= 11 is 0. The molecule has 26 heavy (non-hydrogen) atoms. The lowest BCUT2D eigenvalue weighted by atomic mass is 10.0. The van der Waals surface area contributed by atoms with E-state index in [1.807, 2.05) is 0 Å². The minimum absolute atomic E-state index is 0. The Balaban J connectivity index is 0.00000312. The van der Waals surface area contributed by atoms with E-state index in [9.17, 15) is 14.4 Å². The molecule has 1 atom stereocenters. The molecule has 2 rings (SSSR count). The average Bonchev–Trinajstić information content (AvgIpc) is 2.56. The largest absolute Gasteiger partial charge is 0.348 e. The molecule has 0 saturated carbocycles. The van der Waals surface area contributed by atoms with Crippen molar-refractivity contribution in [3.8, 4) is 0 Å². The van der Waals surface area contributed by atoms with Crippen molar-refractivity contribution in [2.45, 2.75) is 26.3 Å². The van der Waals surface area contributed by atoms with Crippen molar-refractivity contribution in [2.75, 3.05) is 6.54 Å². The molecule has 0 spiro atoms. The maximum atomic E-state index is 12.4. The smallest absolute Gasteiger partial charge is 0.332 e. The third kappa shape index (κ3) is 4.84. The van der Waals surface area contributed by atoms with Crippen molar-refractivity contribution in [3.05, 3.63) is 38.7 Å². The summed E-state index contributed by atoms with van der Waals surface area (Å²) in [5.74, 6) is 0.0619. The first kappa shape index (κ1) is 24.1. The lowest BCUT2D eigenvalue weighted by molar-refractivity contribution is 0.0933. The molecule has 0 fully saturated rings. The quantitative estimate of drug-likeness (QED) is 0.755. The molecule has 8 nitrogen and oxygen atoms in total. The third-order valence-corrected chi connectivity index (χ3v) is 3.93. The summed E-state index contributed by atoms with van der Waals surface area (Å²) in [4.78, 5) is 40.7. The second-order valence-corrected chi connectivity index (χ2v) is 6.34. The first-order valence-electron chi connectivity index (χ1n) is 7.83. The van der Waals surface area contributed by atoms with E-state index in [-0.39, 0.29) is 53.4 Å². The second-order valence-electron chi connectivity index (χ2n) is 6.34. The maximum absolute atomic E-state index is 12.4. The molecule has 10 heteroatoms. The number of rotatable bonds is 5. The second kappa shape index (κ2) is 9.70. The van der Waals surface area contributed by atoms with Gasteiger partial charge in [0.2, 0.25) is 0 Å². The van der Waals surface area contributed by atoms with Gasteiger partial charge in [0.15, 0.2) is 0 Å². The van der Waals surface area contributed by atoms with Crippen LogP contribution in [0.25, 0.3) is 11.0 Å². The number of hydrogen-bond acceptors (Lipinski definition) is 5. The average molecular weight is 406 g/mol. The Morgan fingerprint density at radius 3 is 2.38 bits per heavy atom. The van der Waals surface area contributed by atoms with E-state index in [1.165, 1.54) is 30.9 Å². The van der Waals surface area contributed by atoms with Crippen molar-refractivity contribution < 1.29 is 4.79 Å². The van der Waals surface area contributed by atoms with E-state index in [2.05, 4.69) is 24.1 Å². The van der Waals surface area contributed by atoms with E-state index in [1.54, 1.807) is 0 Å². The van der Waals surface area contributed by atoms with Crippen molar-refractivity contribution >= 4 is 41.8 Å². The van der Waals surface area contributed by atoms with Crippen molar-refractivity contribution in [1.82, 2.24) is 19.4 Å². The summed E-state index contributed by atoms with van der Waals surface area (Å²) in [5.41, 5.74) is 5.27. The minimum atomic E-state index is -0.479. The van der Waals surface area contributed by atoms with Crippen molar-refractivity contribution in [3.63, 3.8) is 0 Å². The first-order valence-corrected chi connectivity index (χ1v) is 7.83. The van der Waals surface area contributed by atoms with Gasteiger partial charge >= 0.3 is 5.69 Å². The molecule has 2 aromatic rings. The van der Waals surface area contributed by atoms with Crippen LogP contribution in [0.5, 0.6) is 0 Å². The number of halogens is 2. The van der Waals surface area contributed by atoms with Gasteiger partial charge in [-0.15, -0.1) is 24.8 Å². The monoisotopic (exact) mass is 405 g/mol. The highest BCUT2D eigenvalue weighted by Crippen LogP contribution is 2.09. The highest BCUT2D eigenvalue weighted by Gasteiger charge is 2.16. The molecule has 0 aliphatic rings. The molecule has 0 aromatic carbocycles. The molecular weight excluding hydrogens is 381 g/mol. The van der Waals surface area contributed by atoms with Gasteiger partial charge in [-0.3, -0.25) is 18.7 Å². The van der Waals surface area contributed by atoms with Crippen LogP contribution in [0.3, 0.4) is 0 Å². The van der Waals surface area contributed by atoms with Crippen LogP contribution in [0.4, 0.5) is 0 Å². The topological polar surface area (TPSA) is 112 Å². The van der Waals surface area contributed by atoms with Gasteiger partial charge in [0, 0.05) is 32.9 Å². The molecule has 1 unspecified atom stereocenters. The summed E-state index contributed by atoms with van der Waals surface area (Å²) < 4.78 is 2.27. The van der Waals surface area contributed by atoms with Gasteiger partial charge in [0.05, 0.1) is 10.9 Å². The van der Waals surface area contributed by atoms with Crippen LogP contribution in [-0.4, -0.2) is 32.6 Å². The Morgan fingerprint density at radius 1 is 1.23 bits per heavy atom. The first-order chi connectivity index (χ1) is 11.3. The highest BCUT2D eigenvalue weighted by atomic mass is 35.5. The van der Waals surface area contributed by atoms with Crippen molar-refractivity contribution in [2.24, 2.45) is 25.7 Å². The fourth-order valence-corrected chi connectivity index (χ4v) is 2.64. The zero-order chi connectivity index (χ0) is 18.0. The van der Waals surface area contributed by atoms with Crippen LogP contribution in [0.15, 0.2) is 21.9 Å². The van der Waals surface area contributed by atoms with Gasteiger partial charge < -0.3 is 11.1 Å². The van der Waals surface area contributed by atoms with Gasteiger partial charge in [0.25, 0.3) is 11.5 Å². The molecule has 0 bridgehead atoms. The lowest BCUT2D eigenvalue weighted by Gasteiger charge is -2.18. The van der Waals surface area contributed by atoms with Crippen LogP contribution >= 0.6 is 24.8 Å². The summed E-state index contributed by atoms with van der Waals surface area (Å²) in [7, 11) is 2.92. The Labute approximate surface area is 163 Å². The molecule has 146 valence electrons. The summed E-state index contributed by atoms with van der Waals surface area (Å²) in [5, 5.41) is 3.08. The molecule has 3 N–H and O–H groups in total. The standard InChI is InChI=1S/C16H23N5O3.2ClH/c1-9(2)5-11(7-17)19-14(22)10-6-12-13(18-8-10)20(3)16(24)21(4)15(12)23;;/h6,8-9,11H,5,7,17H2,1-4H3,(H,19,22);2*1H. The normalized spacial score (nSPS) is 11.6. The Morgan fingerprint density at radius 2 is 1.85 bits per heavy atom. The molecule has 2 heterocycles. The summed E-state index contributed by atoms with van der Waals surface area (Å²) in [6.45, 7) is 4.44. The van der Waals surface area contributed by atoms with Crippen LogP contribution < -0.4 is 22.3 Å². The Hall–Kier alpha value is -1.90. The number of hydrogen-bond donors (Lipinski definition) is 2. The molecule has 0 aliphatic carbocycles. The highest BCUT2D eigenvalue weighted by molar-refractivity contribution is 5.96. The molecule has 1 amide bonds. The number of nitrogens with zero attached hydrogens (tertiary/aromatic N) is 3. The molecule has 0 aliphatic heterocycles. The number of carbonyl (C=O) groups excluding carboxylic acids is 1. The van der Waals surface area contributed by atoms with E-state index >= 15 is 0 Å².